The number of hydrogen-bond acceptors (Lipinski definition) is 4. The first-order valence-electron chi connectivity index (χ1n) is 7.89. The Morgan fingerprint density at radius 3 is 2.73 bits per heavy atom. The molecule has 1 aliphatic heterocycles. The van der Waals surface area contributed by atoms with Crippen LogP contribution in [0, 0.1) is 0 Å². The number of hydrogen-bond donors (Lipinski definition) is 3. The van der Waals surface area contributed by atoms with Crippen molar-refractivity contribution in [3.8, 4) is 0 Å². The maximum atomic E-state index is 12.8. The number of nitrogens with one attached hydrogen (secondary N) is 2. The number of alkyl halides is 3. The predicted molar refractivity (Wildman–Crippen MR) is 85.5 cm³/mol. The first-order valence-corrected chi connectivity index (χ1v) is 7.89. The molecule has 1 heterocycles. The van der Waals surface area contributed by atoms with Gasteiger partial charge in [-0.05, 0) is 11.6 Å². The minimum Gasteiger partial charge on any atom is -0.368 e. The first kappa shape index (κ1) is 19.7. The lowest BCUT2D eigenvalue weighted by molar-refractivity contribution is -0.137. The first-order chi connectivity index (χ1) is 12.2. The molecule has 10 heteroatoms. The minimum atomic E-state index is -4.46. The third-order valence-corrected chi connectivity index (χ3v) is 3.92. The van der Waals surface area contributed by atoms with Crippen LogP contribution < -0.4 is 16.4 Å². The van der Waals surface area contributed by atoms with Gasteiger partial charge in [0.25, 0.3) is 0 Å². The highest BCUT2D eigenvalue weighted by molar-refractivity contribution is 5.90. The molecule has 0 bridgehead atoms. The summed E-state index contributed by atoms with van der Waals surface area (Å²) in [5.41, 5.74) is 4.56. The highest BCUT2D eigenvalue weighted by atomic mass is 19.4. The topological polar surface area (TPSA) is 105 Å². The lowest BCUT2D eigenvalue weighted by atomic mass is 10.1. The lowest BCUT2D eigenvalue weighted by Crippen LogP contribution is -2.56. The van der Waals surface area contributed by atoms with Gasteiger partial charge in [-0.2, -0.15) is 13.2 Å². The third-order valence-electron chi connectivity index (χ3n) is 3.92. The Labute approximate surface area is 147 Å². The summed E-state index contributed by atoms with van der Waals surface area (Å²) < 4.78 is 38.5. The summed E-state index contributed by atoms with van der Waals surface area (Å²) in [4.78, 5) is 36.3. The van der Waals surface area contributed by atoms with Gasteiger partial charge < -0.3 is 16.4 Å². The van der Waals surface area contributed by atoms with Gasteiger partial charge in [0.05, 0.1) is 24.6 Å². The molecule has 3 amide bonds. The summed E-state index contributed by atoms with van der Waals surface area (Å²) in [7, 11) is 0. The molecule has 0 aromatic heterocycles. The predicted octanol–water partition coefficient (Wildman–Crippen LogP) is -0.00260. The molecule has 0 aliphatic carbocycles. The van der Waals surface area contributed by atoms with Crippen LogP contribution in [0.2, 0.25) is 0 Å². The van der Waals surface area contributed by atoms with Crippen LogP contribution in [0.4, 0.5) is 13.2 Å². The molecule has 7 nitrogen and oxygen atoms in total. The van der Waals surface area contributed by atoms with E-state index in [1.807, 2.05) is 0 Å². The molecule has 0 radical (unpaired) electrons. The molecule has 1 saturated heterocycles. The second-order valence-corrected chi connectivity index (χ2v) is 5.92. The van der Waals surface area contributed by atoms with Crippen molar-refractivity contribution in [1.82, 2.24) is 15.5 Å². The van der Waals surface area contributed by atoms with E-state index in [0.29, 0.717) is 18.7 Å². The summed E-state index contributed by atoms with van der Waals surface area (Å²) in [6.07, 6.45) is -4.68. The van der Waals surface area contributed by atoms with Crippen molar-refractivity contribution < 1.29 is 27.6 Å². The van der Waals surface area contributed by atoms with Gasteiger partial charge in [0.2, 0.25) is 17.7 Å². The molecule has 26 heavy (non-hydrogen) atoms. The minimum absolute atomic E-state index is 0.0884. The Kier molecular flexibility index (Phi) is 6.19. The van der Waals surface area contributed by atoms with Crippen molar-refractivity contribution in [2.75, 3.05) is 19.6 Å². The Balaban J connectivity index is 2.09. The second-order valence-electron chi connectivity index (χ2n) is 5.92. The second kappa shape index (κ2) is 8.17. The Bertz CT molecular complexity index is 694. The fourth-order valence-corrected chi connectivity index (χ4v) is 2.69. The number of primary amides is 1. The van der Waals surface area contributed by atoms with Gasteiger partial charge in [-0.3, -0.25) is 19.3 Å². The molecular formula is C16H19F3N4O3. The van der Waals surface area contributed by atoms with Crippen LogP contribution in [0.15, 0.2) is 24.3 Å². The average Bonchev–Trinajstić information content (AvgIpc) is 2.55. The highest BCUT2D eigenvalue weighted by Crippen LogP contribution is 2.30. The molecule has 1 aromatic carbocycles. The molecular weight excluding hydrogens is 353 g/mol. The van der Waals surface area contributed by atoms with Crippen molar-refractivity contribution in [1.29, 1.82) is 0 Å². The monoisotopic (exact) mass is 372 g/mol. The summed E-state index contributed by atoms with van der Waals surface area (Å²) in [5.74, 6) is -1.65. The van der Waals surface area contributed by atoms with Gasteiger partial charge in [0.1, 0.15) is 0 Å². The zero-order valence-corrected chi connectivity index (χ0v) is 13.8. The van der Waals surface area contributed by atoms with Crippen molar-refractivity contribution in [2.24, 2.45) is 5.73 Å². The van der Waals surface area contributed by atoms with Crippen molar-refractivity contribution in [2.45, 2.75) is 25.2 Å². The largest absolute Gasteiger partial charge is 0.416 e. The highest BCUT2D eigenvalue weighted by Gasteiger charge is 2.33. The maximum absolute atomic E-state index is 12.8. The van der Waals surface area contributed by atoms with E-state index in [0.717, 1.165) is 12.1 Å². The summed E-state index contributed by atoms with van der Waals surface area (Å²) in [6, 6.07) is 3.99. The number of nitrogens with zero attached hydrogens (tertiary/aromatic N) is 1. The molecule has 1 unspecified atom stereocenters. The molecule has 1 aliphatic rings. The number of amides is 3. The number of carbonyl (C=O) groups excluding carboxylic acids is 3. The smallest absolute Gasteiger partial charge is 0.368 e. The zero-order chi connectivity index (χ0) is 19.3. The third kappa shape index (κ3) is 5.45. The van der Waals surface area contributed by atoms with E-state index in [2.05, 4.69) is 10.6 Å². The van der Waals surface area contributed by atoms with Crippen LogP contribution >= 0.6 is 0 Å². The fourth-order valence-electron chi connectivity index (χ4n) is 2.69. The van der Waals surface area contributed by atoms with Crippen LogP contribution in [-0.4, -0.2) is 48.3 Å². The number of rotatable bonds is 6. The van der Waals surface area contributed by atoms with E-state index in [9.17, 15) is 27.6 Å². The van der Waals surface area contributed by atoms with Gasteiger partial charge in [-0.15, -0.1) is 0 Å². The SMILES string of the molecule is NC(=O)CNC(=O)CC1C(=O)NCCN1Cc1cccc(C(F)(F)F)c1. The number of carbonyl (C=O) groups is 3. The van der Waals surface area contributed by atoms with E-state index < -0.39 is 35.5 Å². The normalized spacial score (nSPS) is 18.3. The molecule has 4 N–H and O–H groups in total. The molecule has 1 fully saturated rings. The summed E-state index contributed by atoms with van der Waals surface area (Å²) >= 11 is 0. The van der Waals surface area contributed by atoms with Crippen molar-refractivity contribution in [3.05, 3.63) is 35.4 Å². The van der Waals surface area contributed by atoms with Gasteiger partial charge in [-0.1, -0.05) is 18.2 Å². The van der Waals surface area contributed by atoms with Crippen LogP contribution in [0.3, 0.4) is 0 Å². The maximum Gasteiger partial charge on any atom is 0.416 e. The van der Waals surface area contributed by atoms with E-state index >= 15 is 0 Å². The van der Waals surface area contributed by atoms with Crippen LogP contribution in [-0.2, 0) is 27.1 Å². The zero-order valence-electron chi connectivity index (χ0n) is 13.8. The summed E-state index contributed by atoms with van der Waals surface area (Å²) in [6.45, 7) is 0.457. The number of piperazine rings is 1. The lowest BCUT2D eigenvalue weighted by Gasteiger charge is -2.34. The molecule has 0 saturated carbocycles. The molecule has 1 atom stereocenters. The average molecular weight is 372 g/mol. The molecule has 1 aromatic rings. The Hall–Kier alpha value is -2.62. The van der Waals surface area contributed by atoms with Crippen molar-refractivity contribution >= 4 is 17.7 Å². The van der Waals surface area contributed by atoms with Crippen LogP contribution in [0.1, 0.15) is 17.5 Å². The van der Waals surface area contributed by atoms with Gasteiger partial charge in [0, 0.05) is 19.6 Å². The van der Waals surface area contributed by atoms with Crippen molar-refractivity contribution in [3.63, 3.8) is 0 Å². The van der Waals surface area contributed by atoms with Crippen LogP contribution in [0.25, 0.3) is 0 Å². The van der Waals surface area contributed by atoms with Crippen LogP contribution in [0.5, 0.6) is 0 Å². The number of benzene rings is 1. The van der Waals surface area contributed by atoms with E-state index in [-0.39, 0.29) is 19.5 Å². The number of halogens is 3. The molecule has 142 valence electrons. The Morgan fingerprint density at radius 2 is 2.08 bits per heavy atom. The van der Waals surface area contributed by atoms with Gasteiger partial charge in [-0.25, -0.2) is 0 Å². The summed E-state index contributed by atoms with van der Waals surface area (Å²) in [5, 5.41) is 4.92. The van der Waals surface area contributed by atoms with E-state index in [4.69, 9.17) is 5.73 Å². The van der Waals surface area contributed by atoms with Gasteiger partial charge >= 0.3 is 6.18 Å². The quantitative estimate of drug-likeness (QED) is 0.654. The number of nitrogens with two attached hydrogens (primary N) is 1. The van der Waals surface area contributed by atoms with E-state index in [1.54, 1.807) is 4.90 Å². The molecule has 0 spiro atoms. The Morgan fingerprint density at radius 1 is 1.35 bits per heavy atom. The van der Waals surface area contributed by atoms with Gasteiger partial charge in [0.15, 0.2) is 0 Å². The molecule has 2 rings (SSSR count). The standard InChI is InChI=1S/C16H19F3N4O3/c17-16(18,19)11-3-1-2-10(6-11)9-23-5-4-21-15(26)12(23)7-14(25)22-8-13(20)24/h1-3,6,12H,4-5,7-9H2,(H2,20,24)(H,21,26)(H,22,25). The van der Waals surface area contributed by atoms with E-state index in [1.165, 1.54) is 12.1 Å². The fraction of sp³-hybridized carbons (Fsp3) is 0.438.